The summed E-state index contributed by atoms with van der Waals surface area (Å²) in [6, 6.07) is 12.5. The van der Waals surface area contributed by atoms with Crippen molar-refractivity contribution >= 4 is 17.5 Å². The Morgan fingerprint density at radius 1 is 1.03 bits per heavy atom. The van der Waals surface area contributed by atoms with Gasteiger partial charge in [0, 0.05) is 49.7 Å². The van der Waals surface area contributed by atoms with Gasteiger partial charge in [-0.3, -0.25) is 4.79 Å². The maximum atomic E-state index is 12.2. The number of nitrogens with one attached hydrogen (secondary N) is 1. The summed E-state index contributed by atoms with van der Waals surface area (Å²) < 4.78 is 5.71. The third-order valence-corrected chi connectivity index (χ3v) is 5.82. The number of carbonyl (C=O) groups excluding carboxylic acids is 1. The fraction of sp³-hybridized carbons (Fsp3) is 0.522. The van der Waals surface area contributed by atoms with Crippen LogP contribution >= 0.6 is 0 Å². The number of para-hydroxylation sites is 1. The van der Waals surface area contributed by atoms with Gasteiger partial charge < -0.3 is 19.9 Å². The Morgan fingerprint density at radius 3 is 2.47 bits per heavy atom. The lowest BCUT2D eigenvalue weighted by molar-refractivity contribution is -0.124. The van der Waals surface area contributed by atoms with Crippen LogP contribution in [0.5, 0.6) is 5.88 Å². The second-order valence-corrected chi connectivity index (χ2v) is 8.15. The molecule has 0 spiro atoms. The van der Waals surface area contributed by atoms with Gasteiger partial charge in [0.25, 0.3) is 5.91 Å². The molecule has 7 heteroatoms. The van der Waals surface area contributed by atoms with Crippen LogP contribution in [0.3, 0.4) is 0 Å². The van der Waals surface area contributed by atoms with Crippen molar-refractivity contribution < 1.29 is 9.53 Å². The normalized spacial score (nSPS) is 17.6. The van der Waals surface area contributed by atoms with Gasteiger partial charge in [-0.1, -0.05) is 37.5 Å². The third kappa shape index (κ3) is 5.40. The molecule has 0 atom stereocenters. The topological polar surface area (TPSA) is 70.6 Å². The standard InChI is InChI=1S/C23H31N5O2/c1-18-16-22(30-17-21(29)25-19-8-4-2-5-9-19)26-23(24-18)28-14-12-27(13-15-28)20-10-6-3-7-11-20/h3,6-7,10-11,16,19H,2,4-5,8-9,12-15,17H2,1H3,(H,25,29). The summed E-state index contributed by atoms with van der Waals surface area (Å²) in [5, 5.41) is 3.08. The molecule has 0 bridgehead atoms. The quantitative estimate of drug-likeness (QED) is 0.791. The maximum absolute atomic E-state index is 12.2. The lowest BCUT2D eigenvalue weighted by Crippen LogP contribution is -2.47. The highest BCUT2D eigenvalue weighted by molar-refractivity contribution is 5.77. The number of benzene rings is 1. The van der Waals surface area contributed by atoms with Crippen molar-refractivity contribution in [2.45, 2.75) is 45.1 Å². The molecule has 1 amide bonds. The summed E-state index contributed by atoms with van der Waals surface area (Å²) in [7, 11) is 0. The fourth-order valence-electron chi connectivity index (χ4n) is 4.20. The minimum Gasteiger partial charge on any atom is -0.467 e. The molecule has 1 saturated heterocycles. The highest BCUT2D eigenvalue weighted by Crippen LogP contribution is 2.21. The number of hydrogen-bond donors (Lipinski definition) is 1. The van der Waals surface area contributed by atoms with Crippen LogP contribution in [0.1, 0.15) is 37.8 Å². The Hall–Kier alpha value is -2.83. The molecular formula is C23H31N5O2. The Morgan fingerprint density at radius 2 is 1.73 bits per heavy atom. The van der Waals surface area contributed by atoms with Gasteiger partial charge in [0.05, 0.1) is 0 Å². The Labute approximate surface area is 178 Å². The van der Waals surface area contributed by atoms with Crippen molar-refractivity contribution in [3.63, 3.8) is 0 Å². The maximum Gasteiger partial charge on any atom is 0.258 e. The van der Waals surface area contributed by atoms with Gasteiger partial charge in [0.15, 0.2) is 6.61 Å². The summed E-state index contributed by atoms with van der Waals surface area (Å²) >= 11 is 0. The molecule has 30 heavy (non-hydrogen) atoms. The first-order valence-corrected chi connectivity index (χ1v) is 11.0. The molecule has 160 valence electrons. The number of carbonyl (C=O) groups is 1. The molecule has 0 radical (unpaired) electrons. The second-order valence-electron chi connectivity index (χ2n) is 8.15. The van der Waals surface area contributed by atoms with E-state index in [4.69, 9.17) is 4.74 Å². The summed E-state index contributed by atoms with van der Waals surface area (Å²) in [5.74, 6) is 1.06. The SMILES string of the molecule is Cc1cc(OCC(=O)NC2CCCCC2)nc(N2CCN(c3ccccc3)CC2)n1. The van der Waals surface area contributed by atoms with E-state index in [1.54, 1.807) is 6.07 Å². The number of ether oxygens (including phenoxy) is 1. The molecule has 1 aliphatic carbocycles. The minimum absolute atomic E-state index is 0.00578. The molecule has 2 fully saturated rings. The van der Waals surface area contributed by atoms with Crippen LogP contribution in [0.15, 0.2) is 36.4 Å². The highest BCUT2D eigenvalue weighted by atomic mass is 16.5. The number of nitrogens with zero attached hydrogens (tertiary/aromatic N) is 4. The van der Waals surface area contributed by atoms with Crippen LogP contribution in [0, 0.1) is 6.92 Å². The van der Waals surface area contributed by atoms with E-state index in [9.17, 15) is 4.79 Å². The number of rotatable bonds is 6. The fourth-order valence-corrected chi connectivity index (χ4v) is 4.20. The van der Waals surface area contributed by atoms with Gasteiger partial charge in [-0.25, -0.2) is 4.98 Å². The van der Waals surface area contributed by atoms with Gasteiger partial charge in [-0.05, 0) is 31.9 Å². The zero-order valence-corrected chi connectivity index (χ0v) is 17.7. The summed E-state index contributed by atoms with van der Waals surface area (Å²) in [6.07, 6.45) is 5.79. The number of piperazine rings is 1. The van der Waals surface area contributed by atoms with E-state index < -0.39 is 0 Å². The zero-order chi connectivity index (χ0) is 20.8. The zero-order valence-electron chi connectivity index (χ0n) is 17.7. The Balaban J connectivity index is 1.31. The van der Waals surface area contributed by atoms with Crippen molar-refractivity contribution in [2.24, 2.45) is 0 Å². The summed E-state index contributed by atoms with van der Waals surface area (Å²) in [6.45, 7) is 5.46. The molecule has 1 aromatic heterocycles. The van der Waals surface area contributed by atoms with E-state index in [-0.39, 0.29) is 12.5 Å². The van der Waals surface area contributed by atoms with Gasteiger partial charge in [-0.2, -0.15) is 4.98 Å². The number of aromatic nitrogens is 2. The van der Waals surface area contributed by atoms with E-state index >= 15 is 0 Å². The molecule has 2 aromatic rings. The Bertz CT molecular complexity index is 831. The third-order valence-electron chi connectivity index (χ3n) is 5.82. The van der Waals surface area contributed by atoms with Crippen LogP contribution < -0.4 is 19.9 Å². The molecule has 1 aliphatic heterocycles. The molecule has 2 aliphatic rings. The molecule has 1 saturated carbocycles. The molecule has 7 nitrogen and oxygen atoms in total. The number of hydrogen-bond acceptors (Lipinski definition) is 6. The van der Waals surface area contributed by atoms with Gasteiger partial charge in [-0.15, -0.1) is 0 Å². The summed E-state index contributed by atoms with van der Waals surface area (Å²) in [4.78, 5) is 25.9. The monoisotopic (exact) mass is 409 g/mol. The minimum atomic E-state index is -0.0730. The number of anilines is 2. The van der Waals surface area contributed by atoms with Crippen molar-refractivity contribution in [3.8, 4) is 5.88 Å². The smallest absolute Gasteiger partial charge is 0.258 e. The van der Waals surface area contributed by atoms with Crippen molar-refractivity contribution in [1.29, 1.82) is 0 Å². The predicted octanol–water partition coefficient (Wildman–Crippen LogP) is 2.94. The van der Waals surface area contributed by atoms with Crippen molar-refractivity contribution in [1.82, 2.24) is 15.3 Å². The molecule has 2 heterocycles. The number of amides is 1. The lowest BCUT2D eigenvalue weighted by atomic mass is 9.95. The highest BCUT2D eigenvalue weighted by Gasteiger charge is 2.21. The number of aryl methyl sites for hydroxylation is 1. The average Bonchev–Trinajstić information content (AvgIpc) is 2.79. The van der Waals surface area contributed by atoms with E-state index in [1.807, 2.05) is 13.0 Å². The van der Waals surface area contributed by atoms with E-state index in [0.29, 0.717) is 17.9 Å². The van der Waals surface area contributed by atoms with Crippen LogP contribution in [-0.2, 0) is 4.79 Å². The predicted molar refractivity (Wildman–Crippen MR) is 118 cm³/mol. The molecular weight excluding hydrogens is 378 g/mol. The first-order valence-electron chi connectivity index (χ1n) is 11.0. The van der Waals surface area contributed by atoms with Crippen molar-refractivity contribution in [3.05, 3.63) is 42.1 Å². The van der Waals surface area contributed by atoms with Gasteiger partial charge in [0.1, 0.15) is 0 Å². The van der Waals surface area contributed by atoms with Crippen molar-refractivity contribution in [2.75, 3.05) is 42.6 Å². The Kier molecular flexibility index (Phi) is 6.67. The van der Waals surface area contributed by atoms with E-state index in [2.05, 4.69) is 49.4 Å². The lowest BCUT2D eigenvalue weighted by Gasteiger charge is -2.36. The van der Waals surface area contributed by atoms with E-state index in [0.717, 1.165) is 44.7 Å². The van der Waals surface area contributed by atoms with Crippen LogP contribution in [0.2, 0.25) is 0 Å². The van der Waals surface area contributed by atoms with Crippen LogP contribution in [-0.4, -0.2) is 54.7 Å². The summed E-state index contributed by atoms with van der Waals surface area (Å²) in [5.41, 5.74) is 2.09. The largest absolute Gasteiger partial charge is 0.467 e. The molecule has 1 aromatic carbocycles. The first kappa shape index (κ1) is 20.4. The molecule has 4 rings (SSSR count). The molecule has 1 N–H and O–H groups in total. The molecule has 0 unspecified atom stereocenters. The average molecular weight is 410 g/mol. The van der Waals surface area contributed by atoms with Gasteiger partial charge in [0.2, 0.25) is 11.8 Å². The van der Waals surface area contributed by atoms with Crippen LogP contribution in [0.4, 0.5) is 11.6 Å². The first-order chi connectivity index (χ1) is 14.7. The second kappa shape index (κ2) is 9.78. The van der Waals surface area contributed by atoms with Crippen LogP contribution in [0.25, 0.3) is 0 Å². The van der Waals surface area contributed by atoms with E-state index in [1.165, 1.54) is 24.9 Å². The van der Waals surface area contributed by atoms with Gasteiger partial charge >= 0.3 is 0 Å².